The summed E-state index contributed by atoms with van der Waals surface area (Å²) in [4.78, 5) is 30.7. The molecule has 150 valence electrons. The largest absolute Gasteiger partial charge is 0.442 e. The Morgan fingerprint density at radius 1 is 1.19 bits per heavy atom. The highest BCUT2D eigenvalue weighted by Gasteiger charge is 2.66. The first-order valence-electron chi connectivity index (χ1n) is 9.09. The van der Waals surface area contributed by atoms with Crippen LogP contribution in [0.25, 0.3) is 0 Å². The molecule has 1 saturated carbocycles. The van der Waals surface area contributed by atoms with E-state index in [9.17, 15) is 9.59 Å². The van der Waals surface area contributed by atoms with E-state index in [2.05, 4.69) is 33.9 Å². The molecule has 7 nitrogen and oxygen atoms in total. The number of hydroxylamine groups is 2. The molecule has 3 unspecified atom stereocenters. The Bertz CT molecular complexity index is 579. The highest BCUT2D eigenvalue weighted by molar-refractivity contribution is 6.74. The number of hydrogen-bond acceptors (Lipinski definition) is 6. The van der Waals surface area contributed by atoms with E-state index in [1.165, 1.54) is 0 Å². The number of carbonyl (C=O) groups excluding carboxylic acids is 2. The zero-order valence-corrected chi connectivity index (χ0v) is 18.5. The molecule has 0 aromatic heterocycles. The average molecular weight is 388 g/mol. The summed E-state index contributed by atoms with van der Waals surface area (Å²) in [6.45, 7) is 16.0. The quantitative estimate of drug-likeness (QED) is 0.544. The molecule has 2 aliphatic rings. The Kier molecular flexibility index (Phi) is 5.40. The van der Waals surface area contributed by atoms with Gasteiger partial charge in [-0.3, -0.25) is 9.63 Å². The monoisotopic (exact) mass is 387 g/mol. The standard InChI is InChI=1S/C18H33NO6Si/c1-16(2,3)23-15(21)19-13-10-12(20)11-14(24-19)18(13,22-7)25-26(8,9)17(4,5)6/h13-14H,10-11H2,1-9H3. The summed E-state index contributed by atoms with van der Waals surface area (Å²) in [6.07, 6.45) is -1.02. The van der Waals surface area contributed by atoms with Gasteiger partial charge in [0.25, 0.3) is 0 Å². The fraction of sp³-hybridized carbons (Fsp3) is 0.889. The number of ether oxygens (including phenoxy) is 2. The minimum atomic E-state index is -2.26. The SMILES string of the molecule is COC1(O[Si](C)(C)C(C)(C)C)C2CC(=O)CC1N(C(=O)OC(C)(C)C)O2. The van der Waals surface area contributed by atoms with E-state index >= 15 is 0 Å². The minimum absolute atomic E-state index is 0.0255. The summed E-state index contributed by atoms with van der Waals surface area (Å²) in [5.74, 6) is -1.13. The fourth-order valence-corrected chi connectivity index (χ4v) is 4.50. The van der Waals surface area contributed by atoms with Crippen molar-refractivity contribution < 1.29 is 28.3 Å². The van der Waals surface area contributed by atoms with E-state index in [1.54, 1.807) is 27.9 Å². The molecular weight excluding hydrogens is 354 g/mol. The Balaban J connectivity index is 2.38. The predicted molar refractivity (Wildman–Crippen MR) is 99.0 cm³/mol. The van der Waals surface area contributed by atoms with Crippen LogP contribution in [0.1, 0.15) is 54.4 Å². The van der Waals surface area contributed by atoms with Crippen molar-refractivity contribution in [2.75, 3.05) is 7.11 Å². The number of amides is 1. The van der Waals surface area contributed by atoms with Gasteiger partial charge in [-0.15, -0.1) is 0 Å². The number of methoxy groups -OCH3 is 1. The summed E-state index contributed by atoms with van der Waals surface area (Å²) >= 11 is 0. The lowest BCUT2D eigenvalue weighted by atomic mass is 9.87. The number of ketones is 1. The van der Waals surface area contributed by atoms with Crippen LogP contribution in [0.5, 0.6) is 0 Å². The van der Waals surface area contributed by atoms with Crippen LogP contribution in [-0.4, -0.2) is 55.9 Å². The van der Waals surface area contributed by atoms with E-state index in [1.807, 2.05) is 0 Å². The highest BCUT2D eigenvalue weighted by atomic mass is 28.4. The van der Waals surface area contributed by atoms with Crippen LogP contribution in [0.15, 0.2) is 0 Å². The normalized spacial score (nSPS) is 29.9. The molecule has 1 aliphatic heterocycles. The molecule has 2 fully saturated rings. The van der Waals surface area contributed by atoms with E-state index in [0.717, 1.165) is 5.06 Å². The van der Waals surface area contributed by atoms with Crippen LogP contribution in [-0.2, 0) is 23.5 Å². The minimum Gasteiger partial charge on any atom is -0.442 e. The molecule has 1 amide bonds. The molecule has 0 aromatic rings. The molecule has 0 aromatic carbocycles. The lowest BCUT2D eigenvalue weighted by molar-refractivity contribution is -0.218. The fourth-order valence-electron chi connectivity index (χ4n) is 3.04. The van der Waals surface area contributed by atoms with Crippen LogP contribution in [0.4, 0.5) is 4.79 Å². The van der Waals surface area contributed by atoms with E-state index < -0.39 is 37.9 Å². The maximum atomic E-state index is 12.6. The Labute approximate surface area is 157 Å². The molecule has 1 saturated heterocycles. The Morgan fingerprint density at radius 3 is 2.23 bits per heavy atom. The van der Waals surface area contributed by atoms with Crippen molar-refractivity contribution in [3.05, 3.63) is 0 Å². The van der Waals surface area contributed by atoms with Crippen molar-refractivity contribution >= 4 is 20.2 Å². The Morgan fingerprint density at radius 2 is 1.77 bits per heavy atom. The second kappa shape index (κ2) is 6.58. The maximum absolute atomic E-state index is 12.6. The zero-order chi connectivity index (χ0) is 20.1. The average Bonchev–Trinajstić information content (AvgIpc) is 2.60. The van der Waals surface area contributed by atoms with Crippen molar-refractivity contribution in [2.24, 2.45) is 0 Å². The summed E-state index contributed by atoms with van der Waals surface area (Å²) in [5, 5.41) is 1.09. The molecule has 1 aliphatic carbocycles. The van der Waals surface area contributed by atoms with E-state index in [4.69, 9.17) is 18.7 Å². The van der Waals surface area contributed by atoms with Gasteiger partial charge in [-0.1, -0.05) is 20.8 Å². The van der Waals surface area contributed by atoms with Gasteiger partial charge >= 0.3 is 6.09 Å². The van der Waals surface area contributed by atoms with Gasteiger partial charge < -0.3 is 13.9 Å². The van der Waals surface area contributed by atoms with Crippen LogP contribution in [0.3, 0.4) is 0 Å². The second-order valence-corrected chi connectivity index (χ2v) is 14.4. The molecule has 8 heteroatoms. The van der Waals surface area contributed by atoms with Crippen molar-refractivity contribution in [1.82, 2.24) is 5.06 Å². The molecule has 0 radical (unpaired) electrons. The third-order valence-corrected chi connectivity index (χ3v) is 9.83. The molecule has 26 heavy (non-hydrogen) atoms. The summed E-state index contributed by atoms with van der Waals surface area (Å²) < 4.78 is 17.9. The van der Waals surface area contributed by atoms with Gasteiger partial charge in [0, 0.05) is 20.0 Å². The summed E-state index contributed by atoms with van der Waals surface area (Å²) in [6, 6.07) is -0.664. The predicted octanol–water partition coefficient (Wildman–Crippen LogP) is 3.63. The van der Waals surface area contributed by atoms with E-state index in [-0.39, 0.29) is 23.7 Å². The number of fused-ring (bicyclic) bond motifs is 2. The maximum Gasteiger partial charge on any atom is 0.434 e. The second-order valence-electron chi connectivity index (χ2n) is 9.65. The van der Waals surface area contributed by atoms with Crippen molar-refractivity contribution in [3.8, 4) is 0 Å². The van der Waals surface area contributed by atoms with Crippen LogP contribution in [0, 0.1) is 0 Å². The van der Waals surface area contributed by atoms with Crippen LogP contribution >= 0.6 is 0 Å². The molecule has 2 bridgehead atoms. The van der Waals surface area contributed by atoms with Crippen molar-refractivity contribution in [1.29, 1.82) is 0 Å². The summed E-state index contributed by atoms with van der Waals surface area (Å²) in [5.41, 5.74) is -0.669. The van der Waals surface area contributed by atoms with Crippen molar-refractivity contribution in [2.45, 2.75) is 96.1 Å². The number of rotatable bonds is 3. The van der Waals surface area contributed by atoms with Crippen molar-refractivity contribution in [3.63, 3.8) is 0 Å². The first-order chi connectivity index (χ1) is 11.6. The molecular formula is C18H33NO6Si. The molecule has 0 spiro atoms. The first-order valence-corrected chi connectivity index (χ1v) is 12.0. The van der Waals surface area contributed by atoms with Crippen LogP contribution in [0.2, 0.25) is 18.1 Å². The van der Waals surface area contributed by atoms with Gasteiger partial charge in [-0.25, -0.2) is 4.79 Å². The molecule has 1 heterocycles. The number of carbonyl (C=O) groups is 2. The van der Waals surface area contributed by atoms with Gasteiger partial charge in [0.15, 0.2) is 8.32 Å². The zero-order valence-electron chi connectivity index (χ0n) is 17.5. The van der Waals surface area contributed by atoms with Gasteiger partial charge in [0.1, 0.15) is 23.5 Å². The smallest absolute Gasteiger partial charge is 0.434 e. The number of Topliss-reactive ketones (excluding diaryl/α,β-unsaturated/α-hetero) is 1. The third kappa shape index (κ3) is 3.83. The van der Waals surface area contributed by atoms with Gasteiger partial charge in [-0.05, 0) is 38.9 Å². The van der Waals surface area contributed by atoms with Crippen LogP contribution < -0.4 is 0 Å². The molecule has 0 N–H and O–H groups in total. The topological polar surface area (TPSA) is 74.3 Å². The summed E-state index contributed by atoms with van der Waals surface area (Å²) in [7, 11) is -0.711. The molecule has 2 rings (SSSR count). The Hall–Kier alpha value is -0.963. The van der Waals surface area contributed by atoms with Gasteiger partial charge in [0.05, 0.1) is 0 Å². The lowest BCUT2D eigenvalue weighted by Crippen LogP contribution is -2.63. The third-order valence-electron chi connectivity index (χ3n) is 5.38. The number of nitrogens with zero attached hydrogens (tertiary/aromatic N) is 1. The van der Waals surface area contributed by atoms with Gasteiger partial charge in [0.2, 0.25) is 5.79 Å². The lowest BCUT2D eigenvalue weighted by Gasteiger charge is -2.47. The number of hydrogen-bond donors (Lipinski definition) is 0. The van der Waals surface area contributed by atoms with Gasteiger partial charge in [-0.2, -0.15) is 5.06 Å². The van der Waals surface area contributed by atoms with E-state index in [0.29, 0.717) is 0 Å². The highest BCUT2D eigenvalue weighted by Crippen LogP contribution is 2.48. The first kappa shape index (κ1) is 21.3. The molecule has 3 atom stereocenters.